The number of sulfonamides is 1. The third-order valence-electron chi connectivity index (χ3n) is 2.61. The third-order valence-corrected chi connectivity index (χ3v) is 4.21. The highest BCUT2D eigenvalue weighted by Gasteiger charge is 2.19. The second-order valence-corrected chi connectivity index (χ2v) is 5.72. The maximum atomic E-state index is 12.8. The summed E-state index contributed by atoms with van der Waals surface area (Å²) in [6, 6.07) is 9.92. The smallest absolute Gasteiger partial charge is 0.264 e. The number of hydrogen-bond acceptors (Lipinski definition) is 3. The summed E-state index contributed by atoms with van der Waals surface area (Å²) < 4.78 is 39.6. The van der Waals surface area contributed by atoms with Crippen LogP contribution in [0.3, 0.4) is 0 Å². The van der Waals surface area contributed by atoms with Gasteiger partial charge in [-0.15, -0.1) is 0 Å². The first-order chi connectivity index (χ1) is 8.90. The molecule has 6 heteroatoms. The Labute approximate surface area is 111 Å². The molecule has 0 atom stereocenters. The van der Waals surface area contributed by atoms with Gasteiger partial charge in [0.2, 0.25) is 0 Å². The minimum atomic E-state index is -3.78. The molecular weight excluding hydrogens is 267 g/mol. The summed E-state index contributed by atoms with van der Waals surface area (Å²) in [4.78, 5) is 0.0410. The van der Waals surface area contributed by atoms with Crippen LogP contribution in [0.2, 0.25) is 0 Å². The molecule has 0 radical (unpaired) electrons. The molecule has 0 spiro atoms. The Kier molecular flexibility index (Phi) is 3.44. The monoisotopic (exact) mass is 280 g/mol. The zero-order chi connectivity index (χ0) is 14.0. The number of anilines is 2. The van der Waals surface area contributed by atoms with E-state index in [1.54, 1.807) is 19.1 Å². The van der Waals surface area contributed by atoms with Crippen LogP contribution in [0.25, 0.3) is 0 Å². The van der Waals surface area contributed by atoms with Crippen molar-refractivity contribution in [2.24, 2.45) is 0 Å². The fraction of sp³-hybridized carbons (Fsp3) is 0.0769. The number of nitrogens with one attached hydrogen (secondary N) is 1. The third kappa shape index (κ3) is 2.85. The Morgan fingerprint density at radius 2 is 1.74 bits per heavy atom. The first kappa shape index (κ1) is 13.4. The van der Waals surface area contributed by atoms with Gasteiger partial charge in [0.25, 0.3) is 10.0 Å². The van der Waals surface area contributed by atoms with Gasteiger partial charge in [-0.1, -0.05) is 12.1 Å². The molecule has 0 saturated heterocycles. The Bertz CT molecular complexity index is 677. The minimum Gasteiger partial charge on any atom is -0.398 e. The zero-order valence-corrected chi connectivity index (χ0v) is 11.0. The Morgan fingerprint density at radius 3 is 2.32 bits per heavy atom. The molecule has 0 unspecified atom stereocenters. The lowest BCUT2D eigenvalue weighted by Gasteiger charge is -2.12. The topological polar surface area (TPSA) is 72.2 Å². The highest BCUT2D eigenvalue weighted by atomic mass is 32.2. The van der Waals surface area contributed by atoms with E-state index in [-0.39, 0.29) is 16.3 Å². The number of aryl methyl sites for hydroxylation is 1. The van der Waals surface area contributed by atoms with Crippen molar-refractivity contribution in [1.29, 1.82) is 0 Å². The predicted molar refractivity (Wildman–Crippen MR) is 72.8 cm³/mol. The standard InChI is InChI=1S/C13H13FN2O2S/c1-9-3-2-4-12(15)13(9)19(17,18)16-11-7-5-10(14)6-8-11/h2-8,16H,15H2,1H3. The van der Waals surface area contributed by atoms with Crippen LogP contribution in [0.5, 0.6) is 0 Å². The fourth-order valence-electron chi connectivity index (χ4n) is 1.77. The Hall–Kier alpha value is -2.08. The van der Waals surface area contributed by atoms with E-state index in [0.717, 1.165) is 0 Å². The Balaban J connectivity index is 2.41. The number of nitrogen functional groups attached to an aromatic ring is 1. The van der Waals surface area contributed by atoms with E-state index in [9.17, 15) is 12.8 Å². The predicted octanol–water partition coefficient (Wildman–Crippen LogP) is 2.52. The number of nitrogens with two attached hydrogens (primary N) is 1. The summed E-state index contributed by atoms with van der Waals surface area (Å²) in [5, 5.41) is 0. The molecule has 0 aliphatic heterocycles. The van der Waals surface area contributed by atoms with Gasteiger partial charge in [0.15, 0.2) is 0 Å². The molecular formula is C13H13FN2O2S. The molecule has 2 aromatic rings. The molecule has 0 aromatic heterocycles. The van der Waals surface area contributed by atoms with E-state index in [2.05, 4.69) is 4.72 Å². The van der Waals surface area contributed by atoms with Crippen LogP contribution in [0, 0.1) is 12.7 Å². The highest BCUT2D eigenvalue weighted by molar-refractivity contribution is 7.93. The average molecular weight is 280 g/mol. The summed E-state index contributed by atoms with van der Waals surface area (Å²) in [6.45, 7) is 1.66. The molecule has 2 rings (SSSR count). The lowest BCUT2D eigenvalue weighted by atomic mass is 10.2. The number of hydrogen-bond donors (Lipinski definition) is 2. The summed E-state index contributed by atoms with van der Waals surface area (Å²) in [5.41, 5.74) is 6.71. The van der Waals surface area contributed by atoms with Crippen LogP contribution in [-0.4, -0.2) is 8.42 Å². The SMILES string of the molecule is Cc1cccc(N)c1S(=O)(=O)Nc1ccc(F)cc1. The van der Waals surface area contributed by atoms with Gasteiger partial charge in [-0.3, -0.25) is 4.72 Å². The lowest BCUT2D eigenvalue weighted by molar-refractivity contribution is 0.601. The first-order valence-electron chi connectivity index (χ1n) is 5.53. The molecule has 19 heavy (non-hydrogen) atoms. The quantitative estimate of drug-likeness (QED) is 0.848. The zero-order valence-electron chi connectivity index (χ0n) is 10.2. The molecule has 0 aliphatic rings. The van der Waals surface area contributed by atoms with Crippen molar-refractivity contribution in [3.8, 4) is 0 Å². The maximum Gasteiger partial charge on any atom is 0.264 e. The first-order valence-corrected chi connectivity index (χ1v) is 7.02. The minimum absolute atomic E-state index is 0.0410. The van der Waals surface area contributed by atoms with Crippen LogP contribution in [0.15, 0.2) is 47.4 Å². The van der Waals surface area contributed by atoms with E-state index in [1.807, 2.05) is 0 Å². The largest absolute Gasteiger partial charge is 0.398 e. The van der Waals surface area contributed by atoms with Gasteiger partial charge in [-0.25, -0.2) is 12.8 Å². The van der Waals surface area contributed by atoms with E-state index < -0.39 is 15.8 Å². The van der Waals surface area contributed by atoms with Crippen LogP contribution >= 0.6 is 0 Å². The van der Waals surface area contributed by atoms with Crippen LogP contribution < -0.4 is 10.5 Å². The van der Waals surface area contributed by atoms with Crippen LogP contribution in [-0.2, 0) is 10.0 Å². The summed E-state index contributed by atoms with van der Waals surface area (Å²) in [6.07, 6.45) is 0. The van der Waals surface area contributed by atoms with Gasteiger partial charge < -0.3 is 5.73 Å². The van der Waals surface area contributed by atoms with Gasteiger partial charge in [-0.05, 0) is 42.8 Å². The normalized spacial score (nSPS) is 11.3. The molecule has 0 bridgehead atoms. The summed E-state index contributed by atoms with van der Waals surface area (Å²) >= 11 is 0. The molecule has 0 aliphatic carbocycles. The molecule has 0 fully saturated rings. The second kappa shape index (κ2) is 4.89. The second-order valence-electron chi connectivity index (χ2n) is 4.11. The molecule has 2 aromatic carbocycles. The van der Waals surface area contributed by atoms with Crippen molar-refractivity contribution in [2.75, 3.05) is 10.5 Å². The van der Waals surface area contributed by atoms with Crippen molar-refractivity contribution in [2.45, 2.75) is 11.8 Å². The van der Waals surface area contributed by atoms with Crippen molar-refractivity contribution >= 4 is 21.4 Å². The van der Waals surface area contributed by atoms with Crippen molar-refractivity contribution in [3.63, 3.8) is 0 Å². The van der Waals surface area contributed by atoms with Crippen molar-refractivity contribution in [1.82, 2.24) is 0 Å². The molecule has 4 nitrogen and oxygen atoms in total. The number of rotatable bonds is 3. The number of benzene rings is 2. The van der Waals surface area contributed by atoms with Gasteiger partial charge in [-0.2, -0.15) is 0 Å². The van der Waals surface area contributed by atoms with E-state index >= 15 is 0 Å². The number of halogens is 1. The van der Waals surface area contributed by atoms with Crippen LogP contribution in [0.4, 0.5) is 15.8 Å². The van der Waals surface area contributed by atoms with Gasteiger partial charge in [0.05, 0.1) is 5.69 Å². The lowest BCUT2D eigenvalue weighted by Crippen LogP contribution is -2.16. The summed E-state index contributed by atoms with van der Waals surface area (Å²) in [5.74, 6) is -0.432. The van der Waals surface area contributed by atoms with E-state index in [0.29, 0.717) is 5.56 Å². The molecule has 0 saturated carbocycles. The molecule has 0 heterocycles. The highest BCUT2D eigenvalue weighted by Crippen LogP contribution is 2.24. The van der Waals surface area contributed by atoms with Gasteiger partial charge in [0.1, 0.15) is 10.7 Å². The van der Waals surface area contributed by atoms with Gasteiger partial charge >= 0.3 is 0 Å². The summed E-state index contributed by atoms with van der Waals surface area (Å²) in [7, 11) is -3.78. The van der Waals surface area contributed by atoms with Crippen molar-refractivity contribution in [3.05, 3.63) is 53.8 Å². The van der Waals surface area contributed by atoms with Crippen LogP contribution in [0.1, 0.15) is 5.56 Å². The van der Waals surface area contributed by atoms with Crippen molar-refractivity contribution < 1.29 is 12.8 Å². The van der Waals surface area contributed by atoms with E-state index in [1.165, 1.54) is 30.3 Å². The maximum absolute atomic E-state index is 12.8. The molecule has 0 amide bonds. The van der Waals surface area contributed by atoms with Gasteiger partial charge in [0, 0.05) is 5.69 Å². The fourth-order valence-corrected chi connectivity index (χ4v) is 3.19. The van der Waals surface area contributed by atoms with E-state index in [4.69, 9.17) is 5.73 Å². The molecule has 100 valence electrons. The molecule has 3 N–H and O–H groups in total. The average Bonchev–Trinajstić information content (AvgIpc) is 2.31. The Morgan fingerprint density at radius 1 is 1.11 bits per heavy atom.